The van der Waals surface area contributed by atoms with Gasteiger partial charge < -0.3 is 9.15 Å². The fourth-order valence-corrected chi connectivity index (χ4v) is 2.12. The minimum atomic E-state index is -0.264. The summed E-state index contributed by atoms with van der Waals surface area (Å²) in [6.07, 6.45) is 0. The molecule has 116 valence electrons. The number of nitrogens with one attached hydrogen (secondary N) is 1. The second kappa shape index (κ2) is 6.93. The summed E-state index contributed by atoms with van der Waals surface area (Å²) in [5.41, 5.74) is 4.68. The number of hydrogen-bond acceptors (Lipinski definition) is 4. The molecular formula is C17H20N2O3. The average molecular weight is 300 g/mol. The molecule has 1 aromatic carbocycles. The number of carbonyl (C=O) groups excluding carboxylic acids is 1. The lowest BCUT2D eigenvalue weighted by Crippen LogP contribution is -2.19. The van der Waals surface area contributed by atoms with Gasteiger partial charge in [-0.3, -0.25) is 4.79 Å². The molecular weight excluding hydrogens is 280 g/mol. The number of carbonyl (C=O) groups is 1. The molecule has 0 aliphatic heterocycles. The van der Waals surface area contributed by atoms with Crippen LogP contribution in [0.2, 0.25) is 0 Å². The summed E-state index contributed by atoms with van der Waals surface area (Å²) in [6.45, 7) is 8.09. The first kappa shape index (κ1) is 15.8. The van der Waals surface area contributed by atoms with Crippen molar-refractivity contribution in [3.63, 3.8) is 0 Å². The van der Waals surface area contributed by atoms with E-state index in [0.717, 1.165) is 22.8 Å². The Kier molecular flexibility index (Phi) is 4.99. The van der Waals surface area contributed by atoms with Gasteiger partial charge in [0, 0.05) is 11.1 Å². The number of benzene rings is 1. The third-order valence-corrected chi connectivity index (χ3v) is 3.18. The summed E-state index contributed by atoms with van der Waals surface area (Å²) < 4.78 is 10.8. The van der Waals surface area contributed by atoms with Gasteiger partial charge in [0.2, 0.25) is 0 Å². The minimum absolute atomic E-state index is 0.264. The van der Waals surface area contributed by atoms with Crippen molar-refractivity contribution in [2.45, 2.75) is 27.7 Å². The van der Waals surface area contributed by atoms with Crippen molar-refractivity contribution in [3.05, 3.63) is 53.0 Å². The van der Waals surface area contributed by atoms with Crippen molar-refractivity contribution in [3.8, 4) is 5.75 Å². The van der Waals surface area contributed by atoms with Crippen molar-refractivity contribution < 1.29 is 13.9 Å². The number of rotatable bonds is 5. The maximum absolute atomic E-state index is 12.1. The molecule has 22 heavy (non-hydrogen) atoms. The molecule has 0 saturated heterocycles. The van der Waals surface area contributed by atoms with E-state index in [9.17, 15) is 4.79 Å². The van der Waals surface area contributed by atoms with Crippen LogP contribution in [0.4, 0.5) is 0 Å². The molecule has 0 radical (unpaired) electrons. The van der Waals surface area contributed by atoms with Crippen LogP contribution < -0.4 is 10.2 Å². The Morgan fingerprint density at radius 2 is 1.95 bits per heavy atom. The highest BCUT2D eigenvalue weighted by Gasteiger charge is 2.09. The average Bonchev–Trinajstić information content (AvgIpc) is 2.84. The Hall–Kier alpha value is -2.56. The highest BCUT2D eigenvalue weighted by molar-refractivity contribution is 6.01. The van der Waals surface area contributed by atoms with Crippen LogP contribution in [-0.4, -0.2) is 18.2 Å². The van der Waals surface area contributed by atoms with Crippen molar-refractivity contribution in [2.75, 3.05) is 6.61 Å². The van der Waals surface area contributed by atoms with Gasteiger partial charge >= 0.3 is 0 Å². The van der Waals surface area contributed by atoms with Gasteiger partial charge in [-0.2, -0.15) is 5.10 Å². The number of ether oxygens (including phenoxy) is 1. The molecule has 5 nitrogen and oxygen atoms in total. The van der Waals surface area contributed by atoms with E-state index < -0.39 is 0 Å². The molecule has 0 fully saturated rings. The second-order valence-corrected chi connectivity index (χ2v) is 4.92. The predicted molar refractivity (Wildman–Crippen MR) is 85.5 cm³/mol. The van der Waals surface area contributed by atoms with Gasteiger partial charge in [0.05, 0.1) is 12.3 Å². The topological polar surface area (TPSA) is 63.8 Å². The first-order chi connectivity index (χ1) is 10.5. The SMILES string of the molecule is CCOc1ccc(C(=O)N/N=C(/C)c2cc(C)oc2C)cc1. The molecule has 1 amide bonds. The molecule has 0 aliphatic carbocycles. The number of furan rings is 1. The molecule has 2 aromatic rings. The fraction of sp³-hybridized carbons (Fsp3) is 0.294. The van der Waals surface area contributed by atoms with E-state index in [1.54, 1.807) is 24.3 Å². The summed E-state index contributed by atoms with van der Waals surface area (Å²) in [7, 11) is 0. The van der Waals surface area contributed by atoms with Gasteiger partial charge in [-0.25, -0.2) is 5.43 Å². The van der Waals surface area contributed by atoms with Crippen LogP contribution in [0.1, 0.15) is 41.3 Å². The molecule has 0 spiro atoms. The molecule has 0 atom stereocenters. The molecule has 0 saturated carbocycles. The number of nitrogens with zero attached hydrogens (tertiary/aromatic N) is 1. The van der Waals surface area contributed by atoms with Crippen molar-refractivity contribution in [2.24, 2.45) is 5.10 Å². The Balaban J connectivity index is 2.05. The zero-order chi connectivity index (χ0) is 16.1. The Bertz CT molecular complexity index is 684. The maximum atomic E-state index is 12.1. The first-order valence-electron chi connectivity index (χ1n) is 7.16. The fourth-order valence-electron chi connectivity index (χ4n) is 2.12. The number of aryl methyl sites for hydroxylation is 2. The lowest BCUT2D eigenvalue weighted by atomic mass is 10.2. The number of hydrazone groups is 1. The van der Waals surface area contributed by atoms with Gasteiger partial charge in [0.15, 0.2) is 0 Å². The van der Waals surface area contributed by atoms with Gasteiger partial charge in [0.1, 0.15) is 17.3 Å². The van der Waals surface area contributed by atoms with Crippen molar-refractivity contribution in [1.82, 2.24) is 5.43 Å². The molecule has 0 aliphatic rings. The van der Waals surface area contributed by atoms with Crippen LogP contribution in [0.3, 0.4) is 0 Å². The first-order valence-corrected chi connectivity index (χ1v) is 7.16. The van der Waals surface area contributed by atoms with E-state index >= 15 is 0 Å². The zero-order valence-corrected chi connectivity index (χ0v) is 13.3. The molecule has 2 rings (SSSR count). The lowest BCUT2D eigenvalue weighted by molar-refractivity contribution is 0.0955. The van der Waals surface area contributed by atoms with Crippen molar-refractivity contribution >= 4 is 11.6 Å². The third kappa shape index (κ3) is 3.75. The Morgan fingerprint density at radius 3 is 2.50 bits per heavy atom. The summed E-state index contributed by atoms with van der Waals surface area (Å²) in [4.78, 5) is 12.1. The Morgan fingerprint density at radius 1 is 1.27 bits per heavy atom. The summed E-state index contributed by atoms with van der Waals surface area (Å²) in [5, 5.41) is 4.13. The largest absolute Gasteiger partial charge is 0.494 e. The number of hydrogen-bond donors (Lipinski definition) is 1. The standard InChI is InChI=1S/C17H20N2O3/c1-5-21-15-8-6-14(7-9-15)17(20)19-18-12(3)16-10-11(2)22-13(16)4/h6-10H,5H2,1-4H3,(H,19,20)/b18-12-. The molecule has 0 unspecified atom stereocenters. The van der Waals surface area contributed by atoms with Gasteiger partial charge in [0.25, 0.3) is 5.91 Å². The predicted octanol–water partition coefficient (Wildman–Crippen LogP) is 3.45. The monoisotopic (exact) mass is 300 g/mol. The lowest BCUT2D eigenvalue weighted by Gasteiger charge is -2.05. The van der Waals surface area contributed by atoms with Crippen LogP contribution in [0.5, 0.6) is 5.75 Å². The summed E-state index contributed by atoms with van der Waals surface area (Å²) in [5.74, 6) is 2.08. The van der Waals surface area contributed by atoms with Crippen LogP contribution in [0.15, 0.2) is 39.9 Å². The molecule has 5 heteroatoms. The van der Waals surface area contributed by atoms with E-state index in [1.807, 2.05) is 33.8 Å². The number of amides is 1. The maximum Gasteiger partial charge on any atom is 0.271 e. The van der Waals surface area contributed by atoms with Gasteiger partial charge in [-0.15, -0.1) is 0 Å². The summed E-state index contributed by atoms with van der Waals surface area (Å²) in [6, 6.07) is 8.84. The quantitative estimate of drug-likeness (QED) is 0.679. The second-order valence-electron chi connectivity index (χ2n) is 4.92. The van der Waals surface area contributed by atoms with Gasteiger partial charge in [-0.05, 0) is 58.0 Å². The molecule has 0 bridgehead atoms. The van der Waals surface area contributed by atoms with Crippen LogP contribution in [0, 0.1) is 13.8 Å². The van der Waals surface area contributed by atoms with Crippen LogP contribution in [-0.2, 0) is 0 Å². The van der Waals surface area contributed by atoms with E-state index in [2.05, 4.69) is 10.5 Å². The zero-order valence-electron chi connectivity index (χ0n) is 13.3. The van der Waals surface area contributed by atoms with E-state index in [1.165, 1.54) is 0 Å². The van der Waals surface area contributed by atoms with E-state index in [0.29, 0.717) is 17.9 Å². The third-order valence-electron chi connectivity index (χ3n) is 3.18. The van der Waals surface area contributed by atoms with Crippen molar-refractivity contribution in [1.29, 1.82) is 0 Å². The van der Waals surface area contributed by atoms with Crippen LogP contribution >= 0.6 is 0 Å². The normalized spacial score (nSPS) is 11.4. The van der Waals surface area contributed by atoms with E-state index in [-0.39, 0.29) is 5.91 Å². The molecule has 1 heterocycles. The minimum Gasteiger partial charge on any atom is -0.494 e. The molecule has 1 aromatic heterocycles. The van der Waals surface area contributed by atoms with Crippen LogP contribution in [0.25, 0.3) is 0 Å². The van der Waals surface area contributed by atoms with E-state index in [4.69, 9.17) is 9.15 Å². The smallest absolute Gasteiger partial charge is 0.271 e. The highest BCUT2D eigenvalue weighted by atomic mass is 16.5. The summed E-state index contributed by atoms with van der Waals surface area (Å²) >= 11 is 0. The highest BCUT2D eigenvalue weighted by Crippen LogP contribution is 2.15. The van der Waals surface area contributed by atoms with Gasteiger partial charge in [-0.1, -0.05) is 0 Å². The Labute approximate surface area is 130 Å². The molecule has 1 N–H and O–H groups in total.